The number of pyridine rings is 3. The third-order valence-electron chi connectivity index (χ3n) is 22.8. The number of fused-ring (bicyclic) bond motifs is 4. The van der Waals surface area contributed by atoms with E-state index in [1.807, 2.05) is 129 Å². The molecule has 0 saturated carbocycles. The molecule has 630 valence electrons. The molecule has 0 spiro atoms. The Kier molecular flexibility index (Phi) is 23.6. The Morgan fingerprint density at radius 1 is 0.431 bits per heavy atom. The number of aryl methyl sites for hydroxylation is 2. The number of nitrogens with two attached hydrogens (primary N) is 2. The fourth-order valence-corrected chi connectivity index (χ4v) is 16.1. The topological polar surface area (TPSA) is 418 Å². The number of carboxylic acid groups (broad SMARTS) is 1. The Morgan fingerprint density at radius 2 is 0.894 bits per heavy atom. The summed E-state index contributed by atoms with van der Waals surface area (Å²) < 4.78 is 13.7. The van der Waals surface area contributed by atoms with Crippen LogP contribution in [-0.4, -0.2) is 236 Å². The molecular formula is C87H95N29O7. The van der Waals surface area contributed by atoms with Gasteiger partial charge >= 0.3 is 5.97 Å². The van der Waals surface area contributed by atoms with Crippen LogP contribution in [0.1, 0.15) is 68.0 Å². The summed E-state index contributed by atoms with van der Waals surface area (Å²) in [5, 5.41) is 47.2. The van der Waals surface area contributed by atoms with Crippen LogP contribution in [0.2, 0.25) is 0 Å². The van der Waals surface area contributed by atoms with E-state index in [9.17, 15) is 25.2 Å². The average molecular weight is 1660 g/mol. The zero-order valence-electron chi connectivity index (χ0n) is 68.4. The molecule has 0 amide bonds. The lowest BCUT2D eigenvalue weighted by Crippen LogP contribution is -2.47. The van der Waals surface area contributed by atoms with Gasteiger partial charge in [0.2, 0.25) is 17.8 Å². The van der Waals surface area contributed by atoms with Crippen molar-refractivity contribution in [2.24, 2.45) is 0 Å². The first kappa shape index (κ1) is 80.6. The summed E-state index contributed by atoms with van der Waals surface area (Å²) in [5.41, 5.74) is 26.1. The molecule has 11 aromatic heterocycles. The van der Waals surface area contributed by atoms with E-state index in [1.165, 1.54) is 0 Å². The summed E-state index contributed by atoms with van der Waals surface area (Å²) in [6.45, 7) is 16.4. The van der Waals surface area contributed by atoms with E-state index in [2.05, 4.69) is 79.2 Å². The Bertz CT molecular complexity index is 6110. The van der Waals surface area contributed by atoms with E-state index in [0.717, 1.165) is 203 Å². The van der Waals surface area contributed by atoms with Gasteiger partial charge in [0.25, 0.3) is 0 Å². The molecule has 0 bridgehead atoms. The number of hydrogen-bond acceptors (Lipinski definition) is 31. The SMILES string of the molecule is CN(CCC(=O)O)c1nc(N2CCN(c3ccc(O)cc3)CC2)nc2c1ncn2-c1ccncc1.Cc1nc(N2CCN(c3ccc(O)cc3)CC2)nc2c1ncn2-c1cccnc1.Cc1nc2c(N)nc(C3CCN(c4ccc(O)cc4)CC3)nc2n1-c1ccncc1.Nc1nc(N2CCN(c3ccc(O)cc3)CC2)nc2c1ncn2C1CCCCO1. The van der Waals surface area contributed by atoms with Crippen LogP contribution >= 0.6 is 0 Å². The van der Waals surface area contributed by atoms with Gasteiger partial charge in [-0.15, -0.1) is 0 Å². The maximum atomic E-state index is 11.2. The Hall–Kier alpha value is -14.8. The number of ether oxygens (including phenoxy) is 1. The van der Waals surface area contributed by atoms with Gasteiger partial charge in [-0.05, 0) is 179 Å². The number of piperidine rings is 1. The minimum Gasteiger partial charge on any atom is -0.508 e. The van der Waals surface area contributed by atoms with Crippen molar-refractivity contribution in [1.29, 1.82) is 0 Å². The number of nitrogen functional groups attached to an aromatic ring is 2. The van der Waals surface area contributed by atoms with E-state index < -0.39 is 5.97 Å². The lowest BCUT2D eigenvalue weighted by atomic mass is 9.95. The Morgan fingerprint density at radius 3 is 1.41 bits per heavy atom. The highest BCUT2D eigenvalue weighted by Crippen LogP contribution is 2.36. The lowest BCUT2D eigenvalue weighted by molar-refractivity contribution is -0.136. The number of benzene rings is 4. The highest BCUT2D eigenvalue weighted by atomic mass is 16.5. The van der Waals surface area contributed by atoms with Crippen LogP contribution in [0.5, 0.6) is 23.0 Å². The molecule has 0 radical (unpaired) electrons. The Balaban J connectivity index is 0.000000117. The van der Waals surface area contributed by atoms with E-state index in [4.69, 9.17) is 51.2 Å². The maximum absolute atomic E-state index is 11.2. The van der Waals surface area contributed by atoms with Crippen LogP contribution in [0.4, 0.5) is 58.0 Å². The molecule has 5 saturated heterocycles. The predicted molar refractivity (Wildman–Crippen MR) is 471 cm³/mol. The molecule has 36 heteroatoms. The minimum absolute atomic E-state index is 0.00625. The van der Waals surface area contributed by atoms with Crippen LogP contribution in [0.15, 0.2) is 190 Å². The molecule has 123 heavy (non-hydrogen) atoms. The molecule has 5 fully saturated rings. The predicted octanol–water partition coefficient (Wildman–Crippen LogP) is 10.0. The average Bonchev–Trinajstić information content (AvgIpc) is 1.67. The second kappa shape index (κ2) is 36.0. The zero-order valence-corrected chi connectivity index (χ0v) is 68.4. The van der Waals surface area contributed by atoms with Crippen molar-refractivity contribution in [2.45, 2.75) is 64.5 Å². The molecule has 15 aromatic rings. The van der Waals surface area contributed by atoms with Crippen LogP contribution in [-0.2, 0) is 9.53 Å². The summed E-state index contributed by atoms with van der Waals surface area (Å²) in [4.78, 5) is 97.2. The van der Waals surface area contributed by atoms with E-state index in [1.54, 1.807) is 105 Å². The molecule has 20 rings (SSSR count). The summed E-state index contributed by atoms with van der Waals surface area (Å²) in [7, 11) is 1.82. The second-order valence-corrected chi connectivity index (χ2v) is 30.7. The lowest BCUT2D eigenvalue weighted by Gasteiger charge is -2.36. The van der Waals surface area contributed by atoms with E-state index in [0.29, 0.717) is 71.2 Å². The number of aromatic hydroxyl groups is 4. The smallest absolute Gasteiger partial charge is 0.305 e. The molecule has 9 N–H and O–H groups in total. The number of rotatable bonds is 16. The number of carboxylic acids is 1. The number of phenolic OH excluding ortho intramolecular Hbond substituents is 4. The van der Waals surface area contributed by atoms with Gasteiger partial charge in [-0.3, -0.25) is 38.0 Å². The number of carbonyl (C=O) groups is 1. The van der Waals surface area contributed by atoms with Crippen molar-refractivity contribution < 1.29 is 35.1 Å². The fraction of sp³-hybridized carbons (Fsp3) is 0.310. The van der Waals surface area contributed by atoms with Gasteiger partial charge in [-0.25, -0.2) is 34.9 Å². The molecule has 36 nitrogen and oxygen atoms in total. The molecule has 5 aliphatic heterocycles. The first-order chi connectivity index (χ1) is 60.0. The fourth-order valence-electron chi connectivity index (χ4n) is 16.1. The maximum Gasteiger partial charge on any atom is 0.305 e. The van der Waals surface area contributed by atoms with Crippen molar-refractivity contribution in [1.82, 2.24) is 93.0 Å². The van der Waals surface area contributed by atoms with Gasteiger partial charge in [-0.2, -0.15) is 24.9 Å². The van der Waals surface area contributed by atoms with E-state index in [-0.39, 0.29) is 41.6 Å². The van der Waals surface area contributed by atoms with Gasteiger partial charge < -0.3 is 80.9 Å². The standard InChI is InChI=1S/C24H26N8O3.C22H23N7O.C21H21N7O.C20H25N7O2/c1-29(11-8-20(34)35)22-21-23(32(16-26-21)18-6-9-25-10-7-18)28-24(27-22)31-14-12-30(13-15-31)17-2-4-19(33)5-3-17;1-14-25-19-20(23)26-21(27-22(19)29(14)17-6-10-24-11-7-17)15-8-12-28(13-9-15)16-2-4-18(30)5-3-16;1-15-19-20(28(14-23-19)17-3-2-8-22-13-17)25-21(24-15)27-11-9-26(10-12-27)16-4-6-18(29)7-5-16;21-18-17-19(27(13-22-17)16-3-1-2-12-29-16)24-20(23-18)26-10-8-25(9-11-26)14-4-6-15(28)7-5-14/h2-7,9-10,16,33H,8,11-15H2,1H3,(H,34,35);2-7,10-11,15,30H,8-9,12-13H2,1H3,(H2,23,26,27);2-8,13-14,29H,9-12H2,1H3;4-7,13,16,28H,1-3,8-12H2,(H2,21,23,24). The summed E-state index contributed by atoms with van der Waals surface area (Å²) >= 11 is 0. The summed E-state index contributed by atoms with van der Waals surface area (Å²) in [6.07, 6.45) is 20.7. The van der Waals surface area contributed by atoms with Crippen molar-refractivity contribution in [3.05, 3.63) is 207 Å². The van der Waals surface area contributed by atoms with Crippen LogP contribution in [0, 0.1) is 13.8 Å². The number of aliphatic carboxylic acids is 1. The third-order valence-corrected chi connectivity index (χ3v) is 22.8. The number of piperazine rings is 3. The van der Waals surface area contributed by atoms with Gasteiger partial charge in [0.15, 0.2) is 51.1 Å². The minimum atomic E-state index is -0.866. The van der Waals surface area contributed by atoms with Gasteiger partial charge in [0.1, 0.15) is 64.6 Å². The van der Waals surface area contributed by atoms with Gasteiger partial charge in [0.05, 0.1) is 41.7 Å². The molecule has 1 atom stereocenters. The summed E-state index contributed by atoms with van der Waals surface area (Å²) in [6, 6.07) is 40.7. The van der Waals surface area contributed by atoms with Crippen molar-refractivity contribution in [3.8, 4) is 40.1 Å². The van der Waals surface area contributed by atoms with Crippen molar-refractivity contribution in [2.75, 3.05) is 162 Å². The quantitative estimate of drug-likeness (QED) is 0.0473. The monoisotopic (exact) mass is 1660 g/mol. The molecule has 16 heterocycles. The number of hydrogen-bond donors (Lipinski definition) is 7. The van der Waals surface area contributed by atoms with E-state index >= 15 is 0 Å². The van der Waals surface area contributed by atoms with Gasteiger partial charge in [-0.1, -0.05) is 0 Å². The first-order valence-corrected chi connectivity index (χ1v) is 41.1. The Labute approximate surface area is 707 Å². The number of anilines is 10. The number of imidazole rings is 4. The number of phenols is 4. The normalized spacial score (nSPS) is 15.8. The molecule has 4 aromatic carbocycles. The van der Waals surface area contributed by atoms with Gasteiger partial charge in [0, 0.05) is 171 Å². The highest BCUT2D eigenvalue weighted by molar-refractivity contribution is 5.87. The third kappa shape index (κ3) is 17.9. The highest BCUT2D eigenvalue weighted by Gasteiger charge is 2.31. The first-order valence-electron chi connectivity index (χ1n) is 41.1. The van der Waals surface area contributed by atoms with Crippen LogP contribution in [0.3, 0.4) is 0 Å². The molecule has 5 aliphatic rings. The molecule has 1 unspecified atom stereocenters. The van der Waals surface area contributed by atoms with Crippen LogP contribution in [0.25, 0.3) is 61.7 Å². The number of aromatic nitrogens is 19. The zero-order chi connectivity index (χ0) is 84.6. The van der Waals surface area contributed by atoms with Crippen molar-refractivity contribution in [3.63, 3.8) is 0 Å². The van der Waals surface area contributed by atoms with Crippen LogP contribution < -0.4 is 50.7 Å². The molecule has 0 aliphatic carbocycles. The number of nitrogens with zero attached hydrogens (tertiary/aromatic N) is 27. The second-order valence-electron chi connectivity index (χ2n) is 30.7. The molecular weight excluding hydrogens is 1560 g/mol. The van der Waals surface area contributed by atoms with Crippen molar-refractivity contribution >= 4 is 109 Å². The summed E-state index contributed by atoms with van der Waals surface area (Å²) in [5.74, 6) is 5.44. The largest absolute Gasteiger partial charge is 0.508 e.